The van der Waals surface area contributed by atoms with Crippen molar-refractivity contribution in [3.8, 4) is 11.6 Å². The summed E-state index contributed by atoms with van der Waals surface area (Å²) in [7, 11) is 0. The van der Waals surface area contributed by atoms with Gasteiger partial charge in [-0.05, 0) is 29.8 Å². The molecule has 2 aromatic heterocycles. The van der Waals surface area contributed by atoms with E-state index in [0.717, 1.165) is 25.2 Å². The first kappa shape index (κ1) is 14.8. The summed E-state index contributed by atoms with van der Waals surface area (Å²) >= 11 is 12.0. The SMILES string of the molecule is Clc1ccc(CN2CC(c3nc(-c4ccco4)no3)C2)cc1Cl. The normalized spacial score (nSPS) is 15.7. The molecular weight excluding hydrogens is 337 g/mol. The van der Waals surface area contributed by atoms with E-state index in [0.29, 0.717) is 27.5 Å². The lowest BCUT2D eigenvalue weighted by atomic mass is 9.99. The number of rotatable bonds is 4. The number of likely N-dealkylation sites (tertiary alicyclic amines) is 1. The quantitative estimate of drug-likeness (QED) is 0.705. The van der Waals surface area contributed by atoms with E-state index in [-0.39, 0.29) is 5.92 Å². The van der Waals surface area contributed by atoms with Gasteiger partial charge in [0, 0.05) is 19.6 Å². The molecule has 0 amide bonds. The van der Waals surface area contributed by atoms with E-state index >= 15 is 0 Å². The molecule has 0 radical (unpaired) electrons. The number of hydrogen-bond acceptors (Lipinski definition) is 5. The van der Waals surface area contributed by atoms with Crippen LogP contribution in [0.15, 0.2) is 45.5 Å². The van der Waals surface area contributed by atoms with E-state index in [2.05, 4.69) is 15.0 Å². The fourth-order valence-electron chi connectivity index (χ4n) is 2.66. The summed E-state index contributed by atoms with van der Waals surface area (Å²) in [4.78, 5) is 6.70. The van der Waals surface area contributed by atoms with Gasteiger partial charge in [-0.25, -0.2) is 0 Å². The zero-order valence-electron chi connectivity index (χ0n) is 12.1. The van der Waals surface area contributed by atoms with Crippen molar-refractivity contribution in [2.24, 2.45) is 0 Å². The Morgan fingerprint density at radius 1 is 1.17 bits per heavy atom. The van der Waals surface area contributed by atoms with Crippen LogP contribution >= 0.6 is 23.2 Å². The third-order valence-corrected chi connectivity index (χ3v) is 4.62. The summed E-state index contributed by atoms with van der Waals surface area (Å²) in [6.45, 7) is 2.58. The summed E-state index contributed by atoms with van der Waals surface area (Å²) in [6, 6.07) is 9.33. The second-order valence-electron chi connectivity index (χ2n) is 5.57. The smallest absolute Gasteiger partial charge is 0.238 e. The fraction of sp³-hybridized carbons (Fsp3) is 0.250. The second kappa shape index (κ2) is 6.00. The molecule has 118 valence electrons. The lowest BCUT2D eigenvalue weighted by Crippen LogP contribution is -2.44. The maximum Gasteiger partial charge on any atom is 0.238 e. The number of furan rings is 1. The number of aromatic nitrogens is 2. The molecule has 3 aromatic rings. The van der Waals surface area contributed by atoms with Crippen molar-refractivity contribution in [2.45, 2.75) is 12.5 Å². The molecule has 0 unspecified atom stereocenters. The van der Waals surface area contributed by atoms with Gasteiger partial charge in [0.05, 0.1) is 22.2 Å². The summed E-state index contributed by atoms with van der Waals surface area (Å²) in [5, 5.41) is 5.12. The van der Waals surface area contributed by atoms with Crippen LogP contribution in [-0.2, 0) is 6.54 Å². The summed E-state index contributed by atoms with van der Waals surface area (Å²) < 4.78 is 10.6. The van der Waals surface area contributed by atoms with Crippen LogP contribution in [0.3, 0.4) is 0 Å². The van der Waals surface area contributed by atoms with Crippen LogP contribution in [0.5, 0.6) is 0 Å². The van der Waals surface area contributed by atoms with E-state index in [4.69, 9.17) is 32.1 Å². The summed E-state index contributed by atoms with van der Waals surface area (Å²) in [5.74, 6) is 2.02. The van der Waals surface area contributed by atoms with Gasteiger partial charge in [-0.15, -0.1) is 0 Å². The van der Waals surface area contributed by atoms with Crippen LogP contribution in [0.25, 0.3) is 11.6 Å². The molecule has 0 saturated carbocycles. The average molecular weight is 350 g/mol. The van der Waals surface area contributed by atoms with Gasteiger partial charge in [0.1, 0.15) is 0 Å². The highest BCUT2D eigenvalue weighted by Crippen LogP contribution is 2.30. The van der Waals surface area contributed by atoms with Crippen LogP contribution < -0.4 is 0 Å². The van der Waals surface area contributed by atoms with Crippen molar-refractivity contribution in [2.75, 3.05) is 13.1 Å². The van der Waals surface area contributed by atoms with Gasteiger partial charge in [-0.3, -0.25) is 4.90 Å². The van der Waals surface area contributed by atoms with Crippen molar-refractivity contribution in [3.05, 3.63) is 58.1 Å². The molecule has 1 aliphatic heterocycles. The molecule has 4 rings (SSSR count). The Morgan fingerprint density at radius 3 is 2.78 bits per heavy atom. The molecule has 7 heteroatoms. The second-order valence-corrected chi connectivity index (χ2v) is 6.39. The van der Waals surface area contributed by atoms with Crippen molar-refractivity contribution >= 4 is 23.2 Å². The Hall–Kier alpha value is -1.82. The monoisotopic (exact) mass is 349 g/mol. The highest BCUT2D eigenvalue weighted by Gasteiger charge is 2.32. The molecule has 3 heterocycles. The minimum atomic E-state index is 0.258. The Morgan fingerprint density at radius 2 is 2.04 bits per heavy atom. The van der Waals surface area contributed by atoms with Crippen LogP contribution in [0.4, 0.5) is 0 Å². The first-order valence-corrected chi connectivity index (χ1v) is 7.98. The first-order valence-electron chi connectivity index (χ1n) is 7.23. The minimum Gasteiger partial charge on any atom is -0.461 e. The average Bonchev–Trinajstić information content (AvgIpc) is 3.16. The van der Waals surface area contributed by atoms with E-state index in [1.807, 2.05) is 24.3 Å². The van der Waals surface area contributed by atoms with Crippen LogP contribution in [0.2, 0.25) is 10.0 Å². The standard InChI is InChI=1S/C16H13Cl2N3O2/c17-12-4-3-10(6-13(12)18)7-21-8-11(9-21)16-19-15(20-23-16)14-2-1-5-22-14/h1-6,11H,7-9H2. The molecular formula is C16H13Cl2N3O2. The zero-order valence-corrected chi connectivity index (χ0v) is 13.6. The molecule has 23 heavy (non-hydrogen) atoms. The maximum atomic E-state index is 6.04. The predicted octanol–water partition coefficient (Wildman–Crippen LogP) is 4.24. The molecule has 0 aliphatic carbocycles. The first-order chi connectivity index (χ1) is 11.2. The van der Waals surface area contributed by atoms with Gasteiger partial charge in [0.25, 0.3) is 0 Å². The third kappa shape index (κ3) is 3.00. The van der Waals surface area contributed by atoms with Crippen molar-refractivity contribution in [3.63, 3.8) is 0 Å². The lowest BCUT2D eigenvalue weighted by Gasteiger charge is -2.37. The van der Waals surface area contributed by atoms with Crippen LogP contribution in [-0.4, -0.2) is 28.1 Å². The van der Waals surface area contributed by atoms with Crippen LogP contribution in [0.1, 0.15) is 17.4 Å². The van der Waals surface area contributed by atoms with Gasteiger partial charge >= 0.3 is 0 Å². The van der Waals surface area contributed by atoms with Gasteiger partial charge in [-0.1, -0.05) is 34.4 Å². The predicted molar refractivity (Wildman–Crippen MR) is 86.5 cm³/mol. The highest BCUT2D eigenvalue weighted by atomic mass is 35.5. The van der Waals surface area contributed by atoms with E-state index in [9.17, 15) is 0 Å². The number of halogens is 2. The Bertz CT molecular complexity index is 811. The molecule has 0 bridgehead atoms. The highest BCUT2D eigenvalue weighted by molar-refractivity contribution is 6.42. The zero-order chi connectivity index (χ0) is 15.8. The minimum absolute atomic E-state index is 0.258. The van der Waals surface area contributed by atoms with Gasteiger partial charge < -0.3 is 8.94 Å². The van der Waals surface area contributed by atoms with Gasteiger partial charge in [0.15, 0.2) is 5.76 Å². The summed E-state index contributed by atoms with van der Waals surface area (Å²) in [6.07, 6.45) is 1.59. The van der Waals surface area contributed by atoms with E-state index in [1.54, 1.807) is 12.3 Å². The maximum absolute atomic E-state index is 6.04. The largest absolute Gasteiger partial charge is 0.461 e. The number of hydrogen-bond donors (Lipinski definition) is 0. The number of nitrogens with zero attached hydrogens (tertiary/aromatic N) is 3. The molecule has 1 aromatic carbocycles. The molecule has 5 nitrogen and oxygen atoms in total. The lowest BCUT2D eigenvalue weighted by molar-refractivity contribution is 0.117. The van der Waals surface area contributed by atoms with Gasteiger partial charge in [-0.2, -0.15) is 4.98 Å². The van der Waals surface area contributed by atoms with E-state index in [1.165, 1.54) is 0 Å². The summed E-state index contributed by atoms with van der Waals surface area (Å²) in [5.41, 5.74) is 1.14. The molecule has 1 saturated heterocycles. The van der Waals surface area contributed by atoms with Crippen molar-refractivity contribution < 1.29 is 8.94 Å². The molecule has 1 aliphatic rings. The molecule has 0 atom stereocenters. The molecule has 0 spiro atoms. The molecule has 0 N–H and O–H groups in total. The van der Waals surface area contributed by atoms with Gasteiger partial charge in [0.2, 0.25) is 11.7 Å². The third-order valence-electron chi connectivity index (χ3n) is 3.88. The topological polar surface area (TPSA) is 55.3 Å². The van der Waals surface area contributed by atoms with E-state index < -0.39 is 0 Å². The number of benzene rings is 1. The fourth-order valence-corrected chi connectivity index (χ4v) is 2.98. The molecule has 1 fully saturated rings. The Balaban J connectivity index is 1.37. The Kier molecular flexibility index (Phi) is 3.85. The Labute approximate surface area is 142 Å². The van der Waals surface area contributed by atoms with Crippen molar-refractivity contribution in [1.29, 1.82) is 0 Å². The van der Waals surface area contributed by atoms with Crippen molar-refractivity contribution in [1.82, 2.24) is 15.0 Å². The van der Waals surface area contributed by atoms with Crippen LogP contribution in [0, 0.1) is 0 Å².